The highest BCUT2D eigenvalue weighted by Gasteiger charge is 2.35. The fourth-order valence-corrected chi connectivity index (χ4v) is 2.05. The molecular weight excluding hydrogens is 325 g/mol. The lowest BCUT2D eigenvalue weighted by Gasteiger charge is -2.20. The lowest BCUT2D eigenvalue weighted by molar-refractivity contribution is -0.390. The summed E-state index contributed by atoms with van der Waals surface area (Å²) in [7, 11) is 0. The maximum atomic E-state index is 13.3. The topological polar surface area (TPSA) is 69.2 Å². The van der Waals surface area contributed by atoms with Gasteiger partial charge in [0.2, 0.25) is 0 Å². The van der Waals surface area contributed by atoms with Gasteiger partial charge in [0.1, 0.15) is 0 Å². The standard InChI is InChI=1S/C16H15F3N2O3/c1-15(2,3)11-6-4-10(5-7-11)13(16(17,18)19)8-12-9-14(20-24-12)21(22)23/h4-9H,1-3H3. The number of nitro groups is 1. The molecule has 5 nitrogen and oxygen atoms in total. The van der Waals surface area contributed by atoms with Crippen LogP contribution in [-0.4, -0.2) is 16.3 Å². The maximum Gasteiger partial charge on any atom is 0.417 e. The molecular formula is C16H15F3N2O3. The Morgan fingerprint density at radius 1 is 1.21 bits per heavy atom. The van der Waals surface area contributed by atoms with E-state index in [2.05, 4.69) is 9.68 Å². The summed E-state index contributed by atoms with van der Waals surface area (Å²) in [6.07, 6.45) is -3.95. The van der Waals surface area contributed by atoms with Crippen LogP contribution in [0, 0.1) is 10.1 Å². The average Bonchev–Trinajstić information content (AvgIpc) is 2.92. The summed E-state index contributed by atoms with van der Waals surface area (Å²) in [6.45, 7) is 5.86. The van der Waals surface area contributed by atoms with E-state index in [-0.39, 0.29) is 16.7 Å². The molecule has 0 amide bonds. The Labute approximate surface area is 135 Å². The molecule has 24 heavy (non-hydrogen) atoms. The molecule has 1 heterocycles. The molecule has 1 aromatic carbocycles. The SMILES string of the molecule is CC(C)(C)c1ccc(C(=Cc2cc([N+](=O)[O-])no2)C(F)(F)F)cc1. The predicted molar refractivity (Wildman–Crippen MR) is 82.2 cm³/mol. The van der Waals surface area contributed by atoms with E-state index in [1.807, 2.05) is 20.8 Å². The van der Waals surface area contributed by atoms with E-state index in [0.29, 0.717) is 6.08 Å². The molecule has 0 aliphatic carbocycles. The van der Waals surface area contributed by atoms with Gasteiger partial charge < -0.3 is 10.1 Å². The molecule has 0 fully saturated rings. The summed E-state index contributed by atoms with van der Waals surface area (Å²) in [5.74, 6) is -0.986. The number of rotatable bonds is 3. The van der Waals surface area contributed by atoms with Gasteiger partial charge in [-0.25, -0.2) is 0 Å². The predicted octanol–water partition coefficient (Wildman–Crippen LogP) is 4.98. The van der Waals surface area contributed by atoms with Crippen molar-refractivity contribution in [2.24, 2.45) is 0 Å². The van der Waals surface area contributed by atoms with Crippen LogP contribution in [0.4, 0.5) is 19.0 Å². The van der Waals surface area contributed by atoms with Gasteiger partial charge in [-0.05, 0) is 27.5 Å². The van der Waals surface area contributed by atoms with Gasteiger partial charge in [0.15, 0.2) is 10.9 Å². The number of hydrogen-bond donors (Lipinski definition) is 0. The fraction of sp³-hybridized carbons (Fsp3) is 0.312. The van der Waals surface area contributed by atoms with Gasteiger partial charge in [-0.1, -0.05) is 45.0 Å². The van der Waals surface area contributed by atoms with Crippen molar-refractivity contribution in [3.63, 3.8) is 0 Å². The molecule has 2 aromatic rings. The number of allylic oxidation sites excluding steroid dienone is 1. The molecule has 0 saturated heterocycles. The monoisotopic (exact) mass is 340 g/mol. The molecule has 0 radical (unpaired) electrons. The van der Waals surface area contributed by atoms with E-state index in [4.69, 9.17) is 0 Å². The van der Waals surface area contributed by atoms with Crippen LogP contribution in [0.25, 0.3) is 11.6 Å². The molecule has 0 atom stereocenters. The number of alkyl halides is 3. The Kier molecular flexibility index (Phi) is 4.50. The second-order valence-corrected chi connectivity index (χ2v) is 6.23. The van der Waals surface area contributed by atoms with Crippen molar-refractivity contribution in [3.05, 3.63) is 57.3 Å². The number of aromatic nitrogens is 1. The number of benzene rings is 1. The zero-order valence-electron chi connectivity index (χ0n) is 13.2. The van der Waals surface area contributed by atoms with Crippen molar-refractivity contribution in [1.29, 1.82) is 0 Å². The van der Waals surface area contributed by atoms with Crippen LogP contribution >= 0.6 is 0 Å². The molecule has 0 aliphatic rings. The quantitative estimate of drug-likeness (QED) is 0.583. The highest BCUT2D eigenvalue weighted by molar-refractivity contribution is 5.83. The lowest BCUT2D eigenvalue weighted by Crippen LogP contribution is -2.13. The van der Waals surface area contributed by atoms with Gasteiger partial charge in [-0.3, -0.25) is 4.52 Å². The molecule has 1 aromatic heterocycles. The minimum Gasteiger partial charge on any atom is -0.358 e. The summed E-state index contributed by atoms with van der Waals surface area (Å²) >= 11 is 0. The molecule has 0 bridgehead atoms. The first-order valence-electron chi connectivity index (χ1n) is 6.99. The maximum absolute atomic E-state index is 13.3. The normalized spacial score (nSPS) is 13.2. The third-order valence-electron chi connectivity index (χ3n) is 3.36. The first-order valence-corrected chi connectivity index (χ1v) is 6.99. The van der Waals surface area contributed by atoms with E-state index in [0.717, 1.165) is 11.6 Å². The largest absolute Gasteiger partial charge is 0.417 e. The first-order chi connectivity index (χ1) is 11.0. The van der Waals surface area contributed by atoms with E-state index in [9.17, 15) is 23.3 Å². The van der Waals surface area contributed by atoms with E-state index in [1.165, 1.54) is 12.1 Å². The number of halogens is 3. The van der Waals surface area contributed by atoms with Crippen molar-refractivity contribution in [1.82, 2.24) is 5.16 Å². The van der Waals surface area contributed by atoms with Gasteiger partial charge in [0.25, 0.3) is 0 Å². The van der Waals surface area contributed by atoms with Crippen LogP contribution in [0.1, 0.15) is 37.7 Å². The molecule has 0 unspecified atom stereocenters. The third-order valence-corrected chi connectivity index (χ3v) is 3.36. The van der Waals surface area contributed by atoms with Crippen molar-refractivity contribution in [2.45, 2.75) is 32.4 Å². The van der Waals surface area contributed by atoms with Crippen LogP contribution in [0.2, 0.25) is 0 Å². The second-order valence-electron chi connectivity index (χ2n) is 6.23. The molecule has 0 spiro atoms. The van der Waals surface area contributed by atoms with Gasteiger partial charge in [-0.2, -0.15) is 13.2 Å². The van der Waals surface area contributed by atoms with Crippen molar-refractivity contribution >= 4 is 17.5 Å². The summed E-state index contributed by atoms with van der Waals surface area (Å²) in [6, 6.07) is 6.82. The van der Waals surface area contributed by atoms with Crippen LogP contribution in [0.3, 0.4) is 0 Å². The minimum atomic E-state index is -4.65. The molecule has 8 heteroatoms. The summed E-state index contributed by atoms with van der Waals surface area (Å²) in [4.78, 5) is 9.70. The third kappa shape index (κ3) is 4.01. The molecule has 0 N–H and O–H groups in total. The zero-order chi connectivity index (χ0) is 18.1. The highest BCUT2D eigenvalue weighted by Crippen LogP contribution is 2.36. The average molecular weight is 340 g/mol. The number of hydrogen-bond acceptors (Lipinski definition) is 4. The molecule has 2 rings (SSSR count). The first kappa shape index (κ1) is 17.7. The smallest absolute Gasteiger partial charge is 0.358 e. The van der Waals surface area contributed by atoms with Gasteiger partial charge >= 0.3 is 12.0 Å². The minimum absolute atomic E-state index is 0.0606. The zero-order valence-corrected chi connectivity index (χ0v) is 13.2. The summed E-state index contributed by atoms with van der Waals surface area (Å²) < 4.78 is 44.6. The molecule has 0 saturated carbocycles. The van der Waals surface area contributed by atoms with E-state index >= 15 is 0 Å². The van der Waals surface area contributed by atoms with Crippen molar-refractivity contribution in [2.75, 3.05) is 0 Å². The summed E-state index contributed by atoms with van der Waals surface area (Å²) in [5, 5.41) is 13.6. The number of nitrogens with zero attached hydrogens (tertiary/aromatic N) is 2. The van der Waals surface area contributed by atoms with Crippen LogP contribution < -0.4 is 0 Å². The van der Waals surface area contributed by atoms with Crippen molar-refractivity contribution < 1.29 is 22.6 Å². The van der Waals surface area contributed by atoms with Crippen molar-refractivity contribution in [3.8, 4) is 0 Å². The Balaban J connectivity index is 2.45. The Hall–Kier alpha value is -2.64. The van der Waals surface area contributed by atoms with Gasteiger partial charge in [0.05, 0.1) is 11.6 Å². The fourth-order valence-electron chi connectivity index (χ4n) is 2.05. The molecule has 128 valence electrons. The van der Waals surface area contributed by atoms with Crippen LogP contribution in [-0.2, 0) is 5.41 Å². The Bertz CT molecular complexity index is 769. The van der Waals surface area contributed by atoms with Crippen LogP contribution in [0.5, 0.6) is 0 Å². The van der Waals surface area contributed by atoms with Gasteiger partial charge in [-0.15, -0.1) is 0 Å². The summed E-state index contributed by atoms with van der Waals surface area (Å²) in [5.41, 5.74) is -0.321. The highest BCUT2D eigenvalue weighted by atomic mass is 19.4. The lowest BCUT2D eigenvalue weighted by atomic mass is 9.86. The van der Waals surface area contributed by atoms with E-state index < -0.39 is 22.5 Å². The Morgan fingerprint density at radius 3 is 2.21 bits per heavy atom. The second kappa shape index (κ2) is 6.10. The van der Waals surface area contributed by atoms with Crippen LogP contribution in [0.15, 0.2) is 34.9 Å². The van der Waals surface area contributed by atoms with E-state index in [1.54, 1.807) is 12.1 Å². The Morgan fingerprint density at radius 2 is 1.79 bits per heavy atom. The van der Waals surface area contributed by atoms with Gasteiger partial charge in [0, 0.05) is 0 Å². The molecule has 0 aliphatic heterocycles.